The fraction of sp³-hybridized carbons (Fsp3) is 0.182. The summed E-state index contributed by atoms with van der Waals surface area (Å²) < 4.78 is 10.3. The van der Waals surface area contributed by atoms with Crippen LogP contribution >= 0.6 is 0 Å². The molecule has 1 amide bonds. The van der Waals surface area contributed by atoms with E-state index in [-0.39, 0.29) is 11.3 Å². The SMILES string of the molecule is COc1ccccc1CCNC(=O)COC(=O)c1ccc2ccccc2c1O. The van der Waals surface area contributed by atoms with Crippen molar-refractivity contribution in [1.82, 2.24) is 5.32 Å². The van der Waals surface area contributed by atoms with Crippen molar-refractivity contribution >= 4 is 22.6 Å². The van der Waals surface area contributed by atoms with Crippen LogP contribution in [0.1, 0.15) is 15.9 Å². The molecule has 0 spiro atoms. The van der Waals surface area contributed by atoms with E-state index in [0.29, 0.717) is 18.4 Å². The molecule has 3 aromatic rings. The van der Waals surface area contributed by atoms with E-state index in [2.05, 4.69) is 5.32 Å². The van der Waals surface area contributed by atoms with Gasteiger partial charge < -0.3 is 19.9 Å². The normalized spacial score (nSPS) is 10.5. The first-order chi connectivity index (χ1) is 13.6. The Balaban J connectivity index is 1.52. The zero-order valence-electron chi connectivity index (χ0n) is 15.5. The molecule has 0 saturated carbocycles. The van der Waals surface area contributed by atoms with Crippen LogP contribution in [0.4, 0.5) is 0 Å². The average molecular weight is 379 g/mol. The minimum absolute atomic E-state index is 0.0283. The van der Waals surface area contributed by atoms with E-state index in [9.17, 15) is 14.7 Å². The Labute approximate surface area is 162 Å². The van der Waals surface area contributed by atoms with Crippen LogP contribution in [0.5, 0.6) is 11.5 Å². The van der Waals surface area contributed by atoms with Gasteiger partial charge in [-0.25, -0.2) is 4.79 Å². The molecule has 144 valence electrons. The van der Waals surface area contributed by atoms with Crippen LogP contribution in [0.15, 0.2) is 60.7 Å². The van der Waals surface area contributed by atoms with Gasteiger partial charge >= 0.3 is 5.97 Å². The average Bonchev–Trinajstić information content (AvgIpc) is 2.73. The standard InChI is InChI=1S/C22H21NO5/c1-27-19-9-5-3-7-16(19)12-13-23-20(24)14-28-22(26)18-11-10-15-6-2-4-8-17(15)21(18)25/h2-11,25H,12-14H2,1H3,(H,23,24). The number of hydrogen-bond donors (Lipinski definition) is 2. The summed E-state index contributed by atoms with van der Waals surface area (Å²) in [4.78, 5) is 24.2. The zero-order chi connectivity index (χ0) is 19.9. The Morgan fingerprint density at radius 1 is 1.00 bits per heavy atom. The summed E-state index contributed by atoms with van der Waals surface area (Å²) in [5, 5.41) is 14.4. The third-order valence-electron chi connectivity index (χ3n) is 4.36. The number of carbonyl (C=O) groups is 2. The van der Waals surface area contributed by atoms with E-state index in [0.717, 1.165) is 16.7 Å². The Bertz CT molecular complexity index is 999. The van der Waals surface area contributed by atoms with Crippen molar-refractivity contribution in [1.29, 1.82) is 0 Å². The second kappa shape index (κ2) is 8.90. The van der Waals surface area contributed by atoms with Gasteiger partial charge in [-0.2, -0.15) is 0 Å². The zero-order valence-corrected chi connectivity index (χ0v) is 15.5. The molecule has 0 unspecified atom stereocenters. The van der Waals surface area contributed by atoms with Crippen molar-refractivity contribution in [3.05, 3.63) is 71.8 Å². The second-order valence-corrected chi connectivity index (χ2v) is 6.17. The Morgan fingerprint density at radius 2 is 1.75 bits per heavy atom. The van der Waals surface area contributed by atoms with Crippen molar-refractivity contribution in [3.63, 3.8) is 0 Å². The number of carbonyl (C=O) groups excluding carboxylic acids is 2. The molecule has 6 heteroatoms. The topological polar surface area (TPSA) is 84.9 Å². The number of benzene rings is 3. The molecule has 0 aromatic heterocycles. The molecular weight excluding hydrogens is 358 g/mol. The molecule has 0 bridgehead atoms. The van der Waals surface area contributed by atoms with E-state index < -0.39 is 18.5 Å². The summed E-state index contributed by atoms with van der Waals surface area (Å²) in [6.45, 7) is -0.0327. The van der Waals surface area contributed by atoms with E-state index in [4.69, 9.17) is 9.47 Å². The molecule has 0 atom stereocenters. The summed E-state index contributed by atoms with van der Waals surface area (Å²) in [6.07, 6.45) is 0.592. The number of hydrogen-bond acceptors (Lipinski definition) is 5. The van der Waals surface area contributed by atoms with Crippen LogP contribution in [0.25, 0.3) is 10.8 Å². The summed E-state index contributed by atoms with van der Waals surface area (Å²) in [7, 11) is 1.60. The largest absolute Gasteiger partial charge is 0.506 e. The second-order valence-electron chi connectivity index (χ2n) is 6.17. The van der Waals surface area contributed by atoms with Crippen LogP contribution < -0.4 is 10.1 Å². The molecule has 0 aliphatic rings. The summed E-state index contributed by atoms with van der Waals surface area (Å²) in [5.41, 5.74) is 1.00. The van der Waals surface area contributed by atoms with Crippen molar-refractivity contribution in [2.75, 3.05) is 20.3 Å². The van der Waals surface area contributed by atoms with Crippen LogP contribution in [-0.2, 0) is 16.0 Å². The molecule has 0 saturated heterocycles. The number of rotatable bonds is 7. The smallest absolute Gasteiger partial charge is 0.342 e. The van der Waals surface area contributed by atoms with Gasteiger partial charge in [-0.15, -0.1) is 0 Å². The number of phenolic OH excluding ortho intramolecular Hbond substituents is 1. The first-order valence-corrected chi connectivity index (χ1v) is 8.86. The summed E-state index contributed by atoms with van der Waals surface area (Å²) in [6, 6.07) is 17.9. The summed E-state index contributed by atoms with van der Waals surface area (Å²) >= 11 is 0. The van der Waals surface area contributed by atoms with E-state index in [1.807, 2.05) is 36.4 Å². The van der Waals surface area contributed by atoms with Gasteiger partial charge in [-0.1, -0.05) is 48.5 Å². The number of ether oxygens (including phenoxy) is 2. The first-order valence-electron chi connectivity index (χ1n) is 8.86. The number of fused-ring (bicyclic) bond motifs is 1. The monoisotopic (exact) mass is 379 g/mol. The van der Waals surface area contributed by atoms with Crippen molar-refractivity contribution in [2.24, 2.45) is 0 Å². The van der Waals surface area contributed by atoms with Crippen molar-refractivity contribution in [3.8, 4) is 11.5 Å². The quantitative estimate of drug-likeness (QED) is 0.617. The van der Waals surface area contributed by atoms with E-state index in [1.165, 1.54) is 6.07 Å². The molecule has 0 aliphatic heterocycles. The lowest BCUT2D eigenvalue weighted by atomic mass is 10.1. The lowest BCUT2D eigenvalue weighted by molar-refractivity contribution is -0.124. The minimum Gasteiger partial charge on any atom is -0.506 e. The van der Waals surface area contributed by atoms with Crippen LogP contribution in [0.3, 0.4) is 0 Å². The first kappa shape index (κ1) is 19.2. The Morgan fingerprint density at radius 3 is 2.57 bits per heavy atom. The number of phenols is 1. The lowest BCUT2D eigenvalue weighted by Gasteiger charge is -2.10. The van der Waals surface area contributed by atoms with E-state index in [1.54, 1.807) is 25.3 Å². The maximum absolute atomic E-state index is 12.2. The molecule has 0 radical (unpaired) electrons. The lowest BCUT2D eigenvalue weighted by Crippen LogP contribution is -2.30. The molecule has 3 rings (SSSR count). The molecular formula is C22H21NO5. The molecule has 28 heavy (non-hydrogen) atoms. The molecule has 0 aliphatic carbocycles. The van der Waals surface area contributed by atoms with Crippen LogP contribution in [0, 0.1) is 0 Å². The Kier molecular flexibility index (Phi) is 6.11. The highest BCUT2D eigenvalue weighted by molar-refractivity contribution is 6.01. The van der Waals surface area contributed by atoms with Gasteiger partial charge in [0.05, 0.1) is 7.11 Å². The molecule has 0 heterocycles. The van der Waals surface area contributed by atoms with Gasteiger partial charge in [0.2, 0.25) is 0 Å². The maximum Gasteiger partial charge on any atom is 0.342 e. The van der Waals surface area contributed by atoms with Crippen molar-refractivity contribution in [2.45, 2.75) is 6.42 Å². The van der Waals surface area contributed by atoms with Gasteiger partial charge in [0, 0.05) is 11.9 Å². The minimum atomic E-state index is -0.747. The van der Waals surface area contributed by atoms with Gasteiger partial charge in [-0.3, -0.25) is 4.79 Å². The highest BCUT2D eigenvalue weighted by Crippen LogP contribution is 2.28. The van der Waals surface area contributed by atoms with E-state index >= 15 is 0 Å². The molecule has 2 N–H and O–H groups in total. The molecule has 3 aromatic carbocycles. The van der Waals surface area contributed by atoms with Crippen LogP contribution in [-0.4, -0.2) is 37.2 Å². The number of amides is 1. The highest BCUT2D eigenvalue weighted by Gasteiger charge is 2.16. The molecule has 0 fully saturated rings. The molecule has 6 nitrogen and oxygen atoms in total. The number of methoxy groups -OCH3 is 1. The summed E-state index contributed by atoms with van der Waals surface area (Å²) in [5.74, 6) is -0.554. The highest BCUT2D eigenvalue weighted by atomic mass is 16.5. The van der Waals surface area contributed by atoms with Gasteiger partial charge in [0.25, 0.3) is 5.91 Å². The third kappa shape index (κ3) is 4.40. The Hall–Kier alpha value is -3.54. The predicted molar refractivity (Wildman–Crippen MR) is 106 cm³/mol. The number of esters is 1. The fourth-order valence-corrected chi connectivity index (χ4v) is 2.93. The third-order valence-corrected chi connectivity index (χ3v) is 4.36. The van der Waals surface area contributed by atoms with Crippen molar-refractivity contribution < 1.29 is 24.2 Å². The van der Waals surface area contributed by atoms with Crippen LogP contribution in [0.2, 0.25) is 0 Å². The van der Waals surface area contributed by atoms with Gasteiger partial charge in [-0.05, 0) is 29.5 Å². The number of aromatic hydroxyl groups is 1. The fourth-order valence-electron chi connectivity index (χ4n) is 2.93. The number of nitrogens with one attached hydrogen (secondary N) is 1. The maximum atomic E-state index is 12.2. The van der Waals surface area contributed by atoms with Gasteiger partial charge in [0.1, 0.15) is 17.1 Å². The van der Waals surface area contributed by atoms with Gasteiger partial charge in [0.15, 0.2) is 6.61 Å². The predicted octanol–water partition coefficient (Wildman–Crippen LogP) is 3.07. The number of para-hydroxylation sites is 1.